The van der Waals surface area contributed by atoms with E-state index in [9.17, 15) is 0 Å². The Hall–Kier alpha value is -1.89. The first-order valence-corrected chi connectivity index (χ1v) is 4.50. The molecule has 0 saturated heterocycles. The van der Waals surface area contributed by atoms with Crippen LogP contribution in [0.3, 0.4) is 0 Å². The van der Waals surface area contributed by atoms with Crippen LogP contribution in [0.1, 0.15) is 17.6 Å². The van der Waals surface area contributed by atoms with E-state index in [0.29, 0.717) is 12.2 Å². The van der Waals surface area contributed by atoms with Gasteiger partial charge in [0, 0.05) is 12.6 Å². The monoisotopic (exact) mass is 205 g/mol. The van der Waals surface area contributed by atoms with Crippen molar-refractivity contribution in [2.45, 2.75) is 12.5 Å². The van der Waals surface area contributed by atoms with Crippen LogP contribution in [0.2, 0.25) is 0 Å². The lowest BCUT2D eigenvalue weighted by atomic mass is 10.1. The molecule has 0 bridgehead atoms. The van der Waals surface area contributed by atoms with Gasteiger partial charge in [0.25, 0.3) is 0 Å². The first kappa shape index (κ1) is 9.66. The van der Waals surface area contributed by atoms with Gasteiger partial charge in [-0.3, -0.25) is 0 Å². The first-order chi connectivity index (χ1) is 7.25. The van der Waals surface area contributed by atoms with Crippen molar-refractivity contribution in [3.05, 3.63) is 30.1 Å². The lowest BCUT2D eigenvalue weighted by Gasteiger charge is -2.06. The maximum atomic E-state index is 5.93. The lowest BCUT2D eigenvalue weighted by molar-refractivity contribution is 0.620. The standard InChI is InChI=1S/C8H11N7/c1-15-13-8(12-14-15)4-6(9)7-2-3-10-5-11-7/h2-3,5-6H,4,9H2,1H3. The molecule has 0 saturated carbocycles. The van der Waals surface area contributed by atoms with E-state index >= 15 is 0 Å². The average molecular weight is 205 g/mol. The quantitative estimate of drug-likeness (QED) is 0.707. The molecule has 15 heavy (non-hydrogen) atoms. The second-order valence-corrected chi connectivity index (χ2v) is 3.14. The summed E-state index contributed by atoms with van der Waals surface area (Å²) in [5, 5.41) is 11.6. The lowest BCUT2D eigenvalue weighted by Crippen LogP contribution is -2.15. The molecule has 1 unspecified atom stereocenters. The zero-order chi connectivity index (χ0) is 10.7. The number of aromatic nitrogens is 6. The molecule has 0 radical (unpaired) electrons. The third kappa shape index (κ3) is 2.32. The molecular weight excluding hydrogens is 194 g/mol. The van der Waals surface area contributed by atoms with E-state index in [0.717, 1.165) is 5.69 Å². The summed E-state index contributed by atoms with van der Waals surface area (Å²) < 4.78 is 0. The topological polar surface area (TPSA) is 95.4 Å². The molecule has 2 rings (SSSR count). The van der Waals surface area contributed by atoms with E-state index in [1.165, 1.54) is 11.1 Å². The maximum absolute atomic E-state index is 5.93. The Morgan fingerprint density at radius 1 is 1.53 bits per heavy atom. The van der Waals surface area contributed by atoms with Crippen LogP contribution in [0.5, 0.6) is 0 Å². The summed E-state index contributed by atoms with van der Waals surface area (Å²) >= 11 is 0. The fourth-order valence-corrected chi connectivity index (χ4v) is 1.23. The number of tetrazole rings is 1. The fraction of sp³-hybridized carbons (Fsp3) is 0.375. The summed E-state index contributed by atoms with van der Waals surface area (Å²) in [5.74, 6) is 0.614. The summed E-state index contributed by atoms with van der Waals surface area (Å²) in [4.78, 5) is 9.29. The van der Waals surface area contributed by atoms with Crippen LogP contribution in [0, 0.1) is 0 Å². The van der Waals surface area contributed by atoms with Gasteiger partial charge >= 0.3 is 0 Å². The summed E-state index contributed by atoms with van der Waals surface area (Å²) in [6, 6.07) is 1.55. The highest BCUT2D eigenvalue weighted by atomic mass is 15.6. The van der Waals surface area contributed by atoms with Gasteiger partial charge < -0.3 is 5.73 Å². The SMILES string of the molecule is Cn1nnc(CC(N)c2ccncn2)n1. The molecule has 1 atom stereocenters. The number of hydrogen-bond acceptors (Lipinski definition) is 6. The molecule has 0 aromatic carbocycles. The van der Waals surface area contributed by atoms with Gasteiger partial charge in [-0.25, -0.2) is 9.97 Å². The molecule has 0 amide bonds. The smallest absolute Gasteiger partial charge is 0.176 e. The molecular formula is C8H11N7. The van der Waals surface area contributed by atoms with E-state index in [1.807, 2.05) is 0 Å². The summed E-state index contributed by atoms with van der Waals surface area (Å²) in [6.45, 7) is 0. The van der Waals surface area contributed by atoms with Crippen LogP contribution in [0.4, 0.5) is 0 Å². The minimum absolute atomic E-state index is 0.225. The van der Waals surface area contributed by atoms with Crippen molar-refractivity contribution in [2.24, 2.45) is 12.8 Å². The number of rotatable bonds is 3. The molecule has 0 spiro atoms. The Morgan fingerprint density at radius 3 is 3.00 bits per heavy atom. The zero-order valence-electron chi connectivity index (χ0n) is 8.28. The molecule has 7 heteroatoms. The number of nitrogens with zero attached hydrogens (tertiary/aromatic N) is 6. The van der Waals surface area contributed by atoms with E-state index in [-0.39, 0.29) is 6.04 Å². The van der Waals surface area contributed by atoms with Gasteiger partial charge in [-0.05, 0) is 11.3 Å². The van der Waals surface area contributed by atoms with Crippen LogP contribution < -0.4 is 5.73 Å². The van der Waals surface area contributed by atoms with Gasteiger partial charge in [0.05, 0.1) is 18.8 Å². The largest absolute Gasteiger partial charge is 0.322 e. The molecule has 2 N–H and O–H groups in total. The van der Waals surface area contributed by atoms with E-state index in [4.69, 9.17) is 5.73 Å². The predicted molar refractivity (Wildman–Crippen MR) is 51.5 cm³/mol. The molecule has 2 aromatic heterocycles. The molecule has 78 valence electrons. The molecule has 0 aliphatic heterocycles. The van der Waals surface area contributed by atoms with Crippen molar-refractivity contribution < 1.29 is 0 Å². The van der Waals surface area contributed by atoms with Crippen LogP contribution in [0.25, 0.3) is 0 Å². The Balaban J connectivity index is 2.07. The van der Waals surface area contributed by atoms with E-state index in [2.05, 4.69) is 25.4 Å². The van der Waals surface area contributed by atoms with Crippen molar-refractivity contribution in [1.29, 1.82) is 0 Å². The summed E-state index contributed by atoms with van der Waals surface area (Å²) in [5.41, 5.74) is 6.70. The number of aryl methyl sites for hydroxylation is 1. The summed E-state index contributed by atoms with van der Waals surface area (Å²) in [7, 11) is 1.71. The Bertz CT molecular complexity index is 424. The average Bonchev–Trinajstić information content (AvgIpc) is 2.65. The summed E-state index contributed by atoms with van der Waals surface area (Å²) in [6.07, 6.45) is 3.65. The third-order valence-corrected chi connectivity index (χ3v) is 1.94. The van der Waals surface area contributed by atoms with Crippen LogP contribution in [-0.2, 0) is 13.5 Å². The second-order valence-electron chi connectivity index (χ2n) is 3.14. The van der Waals surface area contributed by atoms with Gasteiger partial charge in [-0.2, -0.15) is 4.80 Å². The van der Waals surface area contributed by atoms with Crippen LogP contribution in [0.15, 0.2) is 18.6 Å². The molecule has 0 aliphatic rings. The Labute approximate surface area is 86.3 Å². The van der Waals surface area contributed by atoms with Gasteiger partial charge in [0.15, 0.2) is 5.82 Å². The van der Waals surface area contributed by atoms with Crippen molar-refractivity contribution in [2.75, 3.05) is 0 Å². The van der Waals surface area contributed by atoms with Gasteiger partial charge in [0.1, 0.15) is 6.33 Å². The molecule has 2 heterocycles. The highest BCUT2D eigenvalue weighted by Gasteiger charge is 2.11. The molecule has 7 nitrogen and oxygen atoms in total. The van der Waals surface area contributed by atoms with Gasteiger partial charge in [-0.1, -0.05) is 0 Å². The third-order valence-electron chi connectivity index (χ3n) is 1.94. The predicted octanol–water partition coefficient (Wildman–Crippen LogP) is -0.757. The van der Waals surface area contributed by atoms with Crippen LogP contribution in [-0.4, -0.2) is 30.2 Å². The van der Waals surface area contributed by atoms with E-state index < -0.39 is 0 Å². The fourth-order valence-electron chi connectivity index (χ4n) is 1.23. The molecule has 2 aromatic rings. The zero-order valence-corrected chi connectivity index (χ0v) is 8.28. The highest BCUT2D eigenvalue weighted by Crippen LogP contribution is 2.09. The highest BCUT2D eigenvalue weighted by molar-refractivity contribution is 5.05. The molecule has 0 fully saturated rings. The maximum Gasteiger partial charge on any atom is 0.176 e. The minimum atomic E-state index is -0.225. The Morgan fingerprint density at radius 2 is 2.40 bits per heavy atom. The van der Waals surface area contributed by atoms with Gasteiger partial charge in [0.2, 0.25) is 0 Å². The Kier molecular flexibility index (Phi) is 2.64. The van der Waals surface area contributed by atoms with Crippen molar-refractivity contribution in [1.82, 2.24) is 30.2 Å². The van der Waals surface area contributed by atoms with Crippen molar-refractivity contribution >= 4 is 0 Å². The van der Waals surface area contributed by atoms with Crippen LogP contribution >= 0.6 is 0 Å². The number of nitrogens with two attached hydrogens (primary N) is 1. The van der Waals surface area contributed by atoms with Crippen molar-refractivity contribution in [3.63, 3.8) is 0 Å². The minimum Gasteiger partial charge on any atom is -0.322 e. The first-order valence-electron chi connectivity index (χ1n) is 4.50. The van der Waals surface area contributed by atoms with Crippen molar-refractivity contribution in [3.8, 4) is 0 Å². The van der Waals surface area contributed by atoms with E-state index in [1.54, 1.807) is 19.3 Å². The van der Waals surface area contributed by atoms with Gasteiger partial charge in [-0.15, -0.1) is 10.2 Å². The molecule has 0 aliphatic carbocycles. The second kappa shape index (κ2) is 4.09. The number of hydrogen-bond donors (Lipinski definition) is 1. The normalized spacial score (nSPS) is 12.7.